The van der Waals surface area contributed by atoms with Crippen molar-refractivity contribution in [1.82, 2.24) is 4.98 Å². The van der Waals surface area contributed by atoms with E-state index >= 15 is 0 Å². The first-order valence-electron chi connectivity index (χ1n) is 10.4. The Labute approximate surface area is 195 Å². The monoisotopic (exact) mass is 469 g/mol. The van der Waals surface area contributed by atoms with Crippen LogP contribution in [0.4, 0.5) is 0 Å². The molecular weight excluding hydrogens is 446 g/mol. The van der Waals surface area contributed by atoms with Gasteiger partial charge in [-0.2, -0.15) is 0 Å². The molecule has 166 valence electrons. The van der Waals surface area contributed by atoms with Crippen LogP contribution in [-0.2, 0) is 9.53 Å². The molecule has 0 aliphatic heterocycles. The van der Waals surface area contributed by atoms with Gasteiger partial charge in [0.25, 0.3) is 0 Å². The molecule has 0 bridgehead atoms. The molecule has 7 heteroatoms. The summed E-state index contributed by atoms with van der Waals surface area (Å²) in [6, 6.07) is 9.08. The molecule has 0 unspecified atom stereocenters. The van der Waals surface area contributed by atoms with Crippen LogP contribution in [0.1, 0.15) is 60.6 Å². The van der Waals surface area contributed by atoms with E-state index < -0.39 is 17.7 Å². The third-order valence-corrected chi connectivity index (χ3v) is 6.65. The zero-order valence-corrected chi connectivity index (χ0v) is 19.9. The highest BCUT2D eigenvalue weighted by Gasteiger charge is 2.32. The number of hydrogen-bond acceptors (Lipinski definition) is 5. The fourth-order valence-electron chi connectivity index (χ4n) is 3.77. The number of benzene rings is 2. The topological polar surface area (TPSA) is 76.5 Å². The summed E-state index contributed by atoms with van der Waals surface area (Å²) in [6.07, 6.45) is 2.43. The predicted molar refractivity (Wildman–Crippen MR) is 128 cm³/mol. The average molecular weight is 470 g/mol. The van der Waals surface area contributed by atoms with E-state index in [1.165, 1.54) is 11.3 Å². The minimum atomic E-state index is -1.18. The first-order valence-corrected chi connectivity index (χ1v) is 11.6. The Balaban J connectivity index is 2.00. The molecule has 1 aromatic heterocycles. The fraction of sp³-hybridized carbons (Fsp3) is 0.320. The number of aromatic nitrogens is 1. The normalized spacial score (nSPS) is 14.7. The van der Waals surface area contributed by atoms with Gasteiger partial charge >= 0.3 is 5.97 Å². The average Bonchev–Trinajstić information content (AvgIpc) is 3.07. The molecule has 0 spiro atoms. The quantitative estimate of drug-likeness (QED) is 0.403. The van der Waals surface area contributed by atoms with Gasteiger partial charge in [-0.1, -0.05) is 29.8 Å². The summed E-state index contributed by atoms with van der Waals surface area (Å²) in [5.41, 5.74) is 3.60. The number of allylic oxidation sites excluding steroid dienone is 2. The van der Waals surface area contributed by atoms with Crippen molar-refractivity contribution in [2.45, 2.75) is 52.2 Å². The molecule has 0 amide bonds. The molecule has 5 nitrogen and oxygen atoms in total. The minimum Gasteiger partial charge on any atom is -0.479 e. The van der Waals surface area contributed by atoms with E-state index in [-0.39, 0.29) is 5.78 Å². The van der Waals surface area contributed by atoms with Gasteiger partial charge in [-0.25, -0.2) is 9.78 Å². The van der Waals surface area contributed by atoms with Crippen LogP contribution >= 0.6 is 22.9 Å². The van der Waals surface area contributed by atoms with Crippen molar-refractivity contribution in [1.29, 1.82) is 0 Å². The minimum absolute atomic E-state index is 0.0561. The number of nitrogens with zero attached hydrogens (tertiary/aromatic N) is 1. The van der Waals surface area contributed by atoms with Gasteiger partial charge in [0, 0.05) is 16.1 Å². The van der Waals surface area contributed by atoms with Crippen LogP contribution < -0.4 is 0 Å². The summed E-state index contributed by atoms with van der Waals surface area (Å²) in [4.78, 5) is 29.8. The molecular formula is C25H24ClNO4S. The lowest BCUT2D eigenvalue weighted by atomic mass is 9.91. The molecule has 1 aliphatic carbocycles. The second kappa shape index (κ2) is 8.43. The van der Waals surface area contributed by atoms with E-state index in [0.29, 0.717) is 26.7 Å². The first kappa shape index (κ1) is 22.6. The third-order valence-electron chi connectivity index (χ3n) is 5.31. The van der Waals surface area contributed by atoms with Crippen molar-refractivity contribution in [2.75, 3.05) is 0 Å². The summed E-state index contributed by atoms with van der Waals surface area (Å²) < 4.78 is 6.77. The Bertz CT molecular complexity index is 1250. The number of hydrogen-bond donors (Lipinski definition) is 1. The number of fused-ring (bicyclic) bond motifs is 1. The molecule has 4 rings (SSSR count). The molecule has 1 atom stereocenters. The molecule has 1 aliphatic rings. The highest BCUT2D eigenvalue weighted by molar-refractivity contribution is 7.21. The molecule has 0 fully saturated rings. The van der Waals surface area contributed by atoms with E-state index in [1.54, 1.807) is 12.1 Å². The second-order valence-electron chi connectivity index (χ2n) is 8.90. The Morgan fingerprint density at radius 1 is 1.22 bits per heavy atom. The zero-order valence-electron chi connectivity index (χ0n) is 18.4. The van der Waals surface area contributed by atoms with Crippen molar-refractivity contribution in [2.24, 2.45) is 0 Å². The van der Waals surface area contributed by atoms with Crippen molar-refractivity contribution < 1.29 is 19.4 Å². The van der Waals surface area contributed by atoms with Gasteiger partial charge in [-0.15, -0.1) is 11.3 Å². The van der Waals surface area contributed by atoms with E-state index in [1.807, 2.05) is 52.0 Å². The van der Waals surface area contributed by atoms with Gasteiger partial charge in [-0.05, 0) is 75.4 Å². The summed E-state index contributed by atoms with van der Waals surface area (Å²) in [5.74, 6) is -1.13. The smallest absolute Gasteiger partial charge is 0.337 e. The van der Waals surface area contributed by atoms with E-state index in [2.05, 4.69) is 4.98 Å². The number of carbonyl (C=O) groups is 2. The highest BCUT2D eigenvalue weighted by atomic mass is 35.5. The number of aryl methyl sites for hydroxylation is 1. The third kappa shape index (κ3) is 4.35. The van der Waals surface area contributed by atoms with Crippen molar-refractivity contribution >= 4 is 44.9 Å². The SMILES string of the molecule is Cc1cc2nc(C(=O)C3=CCC3)sc2c(-c2ccc(Cl)cc2)c1[C@H](OC(C)(C)C)C(=O)O. The van der Waals surface area contributed by atoms with Crippen LogP contribution in [0, 0.1) is 6.92 Å². The summed E-state index contributed by atoms with van der Waals surface area (Å²) in [6.45, 7) is 7.34. The summed E-state index contributed by atoms with van der Waals surface area (Å²) >= 11 is 7.41. The Hall–Kier alpha value is -2.54. The van der Waals surface area contributed by atoms with Crippen molar-refractivity contribution in [3.05, 3.63) is 63.1 Å². The van der Waals surface area contributed by atoms with Gasteiger partial charge in [0.1, 0.15) is 0 Å². The number of rotatable bonds is 6. The van der Waals surface area contributed by atoms with Crippen molar-refractivity contribution in [3.63, 3.8) is 0 Å². The number of Topliss-reactive ketones (excluding diaryl/α,β-unsaturated/α-hetero) is 1. The fourth-order valence-corrected chi connectivity index (χ4v) is 4.99. The van der Waals surface area contributed by atoms with Gasteiger partial charge in [-0.3, -0.25) is 4.79 Å². The van der Waals surface area contributed by atoms with Gasteiger partial charge in [0.05, 0.1) is 15.8 Å². The zero-order chi connectivity index (χ0) is 23.2. The molecule has 1 heterocycles. The molecule has 0 radical (unpaired) electrons. The predicted octanol–water partition coefficient (Wildman–Crippen LogP) is 6.77. The number of aliphatic carboxylic acids is 1. The number of halogens is 1. The number of carboxylic acid groups (broad SMARTS) is 1. The highest BCUT2D eigenvalue weighted by Crippen LogP contribution is 2.43. The Kier molecular flexibility index (Phi) is 5.96. The van der Waals surface area contributed by atoms with Gasteiger partial charge < -0.3 is 9.84 Å². The van der Waals surface area contributed by atoms with Crippen molar-refractivity contribution in [3.8, 4) is 11.1 Å². The molecule has 0 saturated heterocycles. The summed E-state index contributed by atoms with van der Waals surface area (Å²) in [7, 11) is 0. The van der Waals surface area contributed by atoms with Gasteiger partial charge in [0.2, 0.25) is 5.78 Å². The number of ketones is 1. The van der Waals surface area contributed by atoms with Crippen LogP contribution in [0.15, 0.2) is 42.0 Å². The van der Waals surface area contributed by atoms with Crippen LogP contribution in [0.3, 0.4) is 0 Å². The van der Waals surface area contributed by atoms with E-state index in [9.17, 15) is 14.7 Å². The lowest BCUT2D eigenvalue weighted by molar-refractivity contribution is -0.160. The standard InChI is InChI=1S/C25H24ClNO4S/c1-13-12-17-22(32-23(27-17)20(28)15-6-5-7-15)19(14-8-10-16(26)11-9-14)18(13)21(24(29)30)31-25(2,3)4/h6,8-12,21H,5,7H2,1-4H3,(H,29,30)/t21-/m0/s1. The lowest BCUT2D eigenvalue weighted by Crippen LogP contribution is -2.28. The molecule has 2 aromatic carbocycles. The number of ether oxygens (including phenoxy) is 1. The molecule has 3 aromatic rings. The number of carbonyl (C=O) groups excluding carboxylic acids is 1. The lowest BCUT2D eigenvalue weighted by Gasteiger charge is -2.28. The number of carboxylic acids is 1. The maximum absolute atomic E-state index is 12.8. The second-order valence-corrected chi connectivity index (χ2v) is 10.3. The Morgan fingerprint density at radius 3 is 2.41 bits per heavy atom. The molecule has 1 N–H and O–H groups in total. The molecule has 32 heavy (non-hydrogen) atoms. The van der Waals surface area contributed by atoms with E-state index in [0.717, 1.165) is 34.2 Å². The van der Waals surface area contributed by atoms with Crippen LogP contribution in [0.2, 0.25) is 5.02 Å². The molecule has 0 saturated carbocycles. The maximum Gasteiger partial charge on any atom is 0.337 e. The van der Waals surface area contributed by atoms with E-state index in [4.69, 9.17) is 16.3 Å². The van der Waals surface area contributed by atoms with Crippen LogP contribution in [0.25, 0.3) is 21.3 Å². The Morgan fingerprint density at radius 2 is 1.88 bits per heavy atom. The number of thiazole rings is 1. The largest absolute Gasteiger partial charge is 0.479 e. The van der Waals surface area contributed by atoms with Gasteiger partial charge in [0.15, 0.2) is 11.1 Å². The van der Waals surface area contributed by atoms with Crippen LogP contribution in [-0.4, -0.2) is 27.4 Å². The maximum atomic E-state index is 12.8. The van der Waals surface area contributed by atoms with Crippen LogP contribution in [0.5, 0.6) is 0 Å². The summed E-state index contributed by atoms with van der Waals surface area (Å²) in [5, 5.41) is 11.1. The first-order chi connectivity index (χ1) is 15.0.